The number of alkyl carbamates (subject to hydrolysis) is 1. The van der Waals surface area contributed by atoms with Crippen molar-refractivity contribution in [3.8, 4) is 0 Å². The van der Waals surface area contributed by atoms with E-state index in [2.05, 4.69) is 5.32 Å². The molecule has 1 fully saturated rings. The second-order valence-corrected chi connectivity index (χ2v) is 11.7. The fourth-order valence-electron chi connectivity index (χ4n) is 4.90. The Morgan fingerprint density at radius 2 is 1.67 bits per heavy atom. The van der Waals surface area contributed by atoms with Crippen molar-refractivity contribution in [2.75, 3.05) is 13.2 Å². The molecule has 4 rings (SSSR count). The van der Waals surface area contributed by atoms with Crippen molar-refractivity contribution in [1.29, 1.82) is 0 Å². The summed E-state index contributed by atoms with van der Waals surface area (Å²) in [5.74, 6) is -1.81. The lowest BCUT2D eigenvalue weighted by Crippen LogP contribution is -2.46. The zero-order chi connectivity index (χ0) is 31.1. The molecule has 0 unspecified atom stereocenters. The van der Waals surface area contributed by atoms with E-state index in [4.69, 9.17) is 14.2 Å². The number of rotatable bonds is 9. The van der Waals surface area contributed by atoms with E-state index < -0.39 is 41.6 Å². The Balaban J connectivity index is 1.51. The number of nitrogens with one attached hydrogen (secondary N) is 1. The molecule has 0 radical (unpaired) electrons. The molecular formula is C34H38N2O7. The summed E-state index contributed by atoms with van der Waals surface area (Å²) in [6.07, 6.45) is -0.955. The molecule has 226 valence electrons. The molecule has 43 heavy (non-hydrogen) atoms. The first-order valence-electron chi connectivity index (χ1n) is 14.2. The molecule has 0 saturated carbocycles. The highest BCUT2D eigenvalue weighted by Gasteiger charge is 2.41. The van der Waals surface area contributed by atoms with Crippen molar-refractivity contribution in [2.24, 2.45) is 0 Å². The lowest BCUT2D eigenvalue weighted by Gasteiger charge is -2.26. The molecule has 1 N–H and O–H groups in total. The number of imide groups is 1. The van der Waals surface area contributed by atoms with Crippen molar-refractivity contribution in [3.63, 3.8) is 0 Å². The smallest absolute Gasteiger partial charge is 0.417 e. The number of nitrogens with zero attached hydrogens (tertiary/aromatic N) is 1. The fourth-order valence-corrected chi connectivity index (χ4v) is 4.90. The molecule has 2 atom stereocenters. The maximum Gasteiger partial charge on any atom is 0.417 e. The van der Waals surface area contributed by atoms with E-state index in [1.807, 2.05) is 56.3 Å². The zero-order valence-corrected chi connectivity index (χ0v) is 25.2. The van der Waals surface area contributed by atoms with Crippen LogP contribution in [0.2, 0.25) is 0 Å². The largest absolute Gasteiger partial charge is 0.457 e. The van der Waals surface area contributed by atoms with Crippen molar-refractivity contribution >= 4 is 24.1 Å². The van der Waals surface area contributed by atoms with Crippen LogP contribution in [0.5, 0.6) is 0 Å². The number of cyclic esters (lactones) is 1. The summed E-state index contributed by atoms with van der Waals surface area (Å²) in [7, 11) is 0. The first kappa shape index (κ1) is 31.3. The summed E-state index contributed by atoms with van der Waals surface area (Å²) in [6, 6.07) is 21.6. The van der Waals surface area contributed by atoms with Gasteiger partial charge in [0.25, 0.3) is 0 Å². The molecule has 1 aliphatic rings. The van der Waals surface area contributed by atoms with Crippen LogP contribution in [0.3, 0.4) is 0 Å². The topological polar surface area (TPSA) is 111 Å². The molecule has 3 aromatic carbocycles. The van der Waals surface area contributed by atoms with Crippen LogP contribution in [0.1, 0.15) is 64.9 Å². The summed E-state index contributed by atoms with van der Waals surface area (Å²) in [6.45, 7) is 9.08. The van der Waals surface area contributed by atoms with Gasteiger partial charge in [0.15, 0.2) is 0 Å². The standard InChI is InChI=1S/C34H38N2O7/c1-22-11-16-28(23(2)17-22)31(38)41-20-25-12-14-26(15-13-25)29(19-35-32(39)43-34(3,4)5)30(37)36-27(21-42-33(36)40)18-24-9-7-6-8-10-24/h6-17,27,29H,18-21H2,1-5H3,(H,35,39)/t27-,29-/m1/s1. The average Bonchev–Trinajstić information content (AvgIpc) is 3.31. The number of amides is 3. The molecule has 0 bridgehead atoms. The monoisotopic (exact) mass is 586 g/mol. The Bertz CT molecular complexity index is 1460. The third kappa shape index (κ3) is 8.44. The molecule has 9 nitrogen and oxygen atoms in total. The van der Waals surface area contributed by atoms with Crippen LogP contribution >= 0.6 is 0 Å². The third-order valence-electron chi connectivity index (χ3n) is 7.01. The highest BCUT2D eigenvalue weighted by atomic mass is 16.6. The van der Waals surface area contributed by atoms with Crippen LogP contribution in [0.25, 0.3) is 0 Å². The summed E-state index contributed by atoms with van der Waals surface area (Å²) in [5, 5.41) is 2.67. The second kappa shape index (κ2) is 13.5. The molecule has 0 aliphatic carbocycles. The number of aryl methyl sites for hydroxylation is 2. The Morgan fingerprint density at radius 3 is 2.33 bits per heavy atom. The molecule has 1 saturated heterocycles. The highest BCUT2D eigenvalue weighted by Crippen LogP contribution is 2.26. The average molecular weight is 587 g/mol. The van der Waals surface area contributed by atoms with Crippen LogP contribution in [-0.2, 0) is 32.0 Å². The van der Waals surface area contributed by atoms with E-state index in [0.717, 1.165) is 27.2 Å². The quantitative estimate of drug-likeness (QED) is 0.247. The zero-order valence-electron chi connectivity index (χ0n) is 25.2. The van der Waals surface area contributed by atoms with E-state index in [0.29, 0.717) is 17.5 Å². The predicted molar refractivity (Wildman–Crippen MR) is 161 cm³/mol. The Hall–Kier alpha value is -4.66. The van der Waals surface area contributed by atoms with Gasteiger partial charge in [0.1, 0.15) is 18.8 Å². The minimum absolute atomic E-state index is 0.0405. The predicted octanol–water partition coefficient (Wildman–Crippen LogP) is 5.86. The van der Waals surface area contributed by atoms with Gasteiger partial charge in [0.05, 0.1) is 17.5 Å². The van der Waals surface area contributed by atoms with Crippen molar-refractivity contribution < 1.29 is 33.4 Å². The van der Waals surface area contributed by atoms with Gasteiger partial charge >= 0.3 is 18.2 Å². The second-order valence-electron chi connectivity index (χ2n) is 11.7. The van der Waals surface area contributed by atoms with Gasteiger partial charge < -0.3 is 19.5 Å². The van der Waals surface area contributed by atoms with Crippen molar-refractivity contribution in [3.05, 3.63) is 106 Å². The maximum atomic E-state index is 13.9. The van der Waals surface area contributed by atoms with Gasteiger partial charge in [-0.3, -0.25) is 4.79 Å². The van der Waals surface area contributed by atoms with Crippen LogP contribution in [0.15, 0.2) is 72.8 Å². The lowest BCUT2D eigenvalue weighted by molar-refractivity contribution is -0.130. The summed E-state index contributed by atoms with van der Waals surface area (Å²) >= 11 is 0. The van der Waals surface area contributed by atoms with Crippen molar-refractivity contribution in [2.45, 2.75) is 65.2 Å². The van der Waals surface area contributed by atoms with Gasteiger partial charge in [0.2, 0.25) is 5.91 Å². The maximum absolute atomic E-state index is 13.9. The van der Waals surface area contributed by atoms with Crippen LogP contribution in [-0.4, -0.2) is 53.8 Å². The molecule has 9 heteroatoms. The third-order valence-corrected chi connectivity index (χ3v) is 7.01. The Morgan fingerprint density at radius 1 is 0.977 bits per heavy atom. The number of ether oxygens (including phenoxy) is 3. The van der Waals surface area contributed by atoms with E-state index >= 15 is 0 Å². The normalized spacial score (nSPS) is 15.4. The number of esters is 1. The number of hydrogen-bond acceptors (Lipinski definition) is 7. The highest BCUT2D eigenvalue weighted by molar-refractivity contribution is 5.97. The molecule has 3 amide bonds. The van der Waals surface area contributed by atoms with Gasteiger partial charge in [-0.15, -0.1) is 0 Å². The fraction of sp³-hybridized carbons (Fsp3) is 0.353. The number of carbonyl (C=O) groups is 4. The molecular weight excluding hydrogens is 548 g/mol. The van der Waals surface area contributed by atoms with Gasteiger partial charge in [0, 0.05) is 6.54 Å². The van der Waals surface area contributed by atoms with E-state index in [9.17, 15) is 19.2 Å². The summed E-state index contributed by atoms with van der Waals surface area (Å²) in [4.78, 5) is 52.9. The Labute approximate surface area is 252 Å². The minimum Gasteiger partial charge on any atom is -0.457 e. The summed E-state index contributed by atoms with van der Waals surface area (Å²) in [5.41, 5.74) is 3.93. The number of benzene rings is 3. The Kier molecular flexibility index (Phi) is 9.85. The van der Waals surface area contributed by atoms with Gasteiger partial charge in [-0.25, -0.2) is 19.3 Å². The lowest BCUT2D eigenvalue weighted by atomic mass is 9.95. The van der Waals surface area contributed by atoms with E-state index in [1.165, 1.54) is 0 Å². The number of hydrogen-bond donors (Lipinski definition) is 1. The molecule has 0 aromatic heterocycles. The minimum atomic E-state index is -0.900. The number of carbonyl (C=O) groups excluding carboxylic acids is 4. The van der Waals surface area contributed by atoms with Crippen LogP contribution in [0.4, 0.5) is 9.59 Å². The van der Waals surface area contributed by atoms with Gasteiger partial charge in [-0.1, -0.05) is 72.3 Å². The van der Waals surface area contributed by atoms with Crippen LogP contribution < -0.4 is 5.32 Å². The van der Waals surface area contributed by atoms with E-state index in [1.54, 1.807) is 51.1 Å². The van der Waals surface area contributed by atoms with Gasteiger partial charge in [-0.2, -0.15) is 0 Å². The molecule has 1 aliphatic heterocycles. The first-order chi connectivity index (χ1) is 20.4. The van der Waals surface area contributed by atoms with Crippen molar-refractivity contribution in [1.82, 2.24) is 10.2 Å². The van der Waals surface area contributed by atoms with Crippen LogP contribution in [0, 0.1) is 13.8 Å². The van der Waals surface area contributed by atoms with Gasteiger partial charge in [-0.05, 0) is 69.4 Å². The molecule has 1 heterocycles. The molecule has 0 spiro atoms. The summed E-state index contributed by atoms with van der Waals surface area (Å²) < 4.78 is 16.2. The van der Waals surface area contributed by atoms with E-state index in [-0.39, 0.29) is 19.8 Å². The SMILES string of the molecule is Cc1ccc(C(=O)OCc2ccc([C@@H](CNC(=O)OC(C)(C)C)C(=O)N3C(=O)OC[C@H]3Cc3ccccc3)cc2)c(C)c1. The molecule has 3 aromatic rings. The first-order valence-corrected chi connectivity index (χ1v) is 14.2.